The van der Waals surface area contributed by atoms with Crippen molar-refractivity contribution < 1.29 is 15.1 Å². The summed E-state index contributed by atoms with van der Waals surface area (Å²) in [5, 5.41) is 0. The molecule has 0 unspecified atom stereocenters. The fourth-order valence-corrected chi connectivity index (χ4v) is 0.195. The standard InChI is InChI=1S/C8H16.5CH4/c1-4-5-6-7-8(2)3;;;;;/h6-8H,4-5H2,1-3H3;5*1H4/b7-6+;;;;;/i2T3,3T3,5T2,6T,7T,8T;;;;;. The molecule has 0 amide bonds. The van der Waals surface area contributed by atoms with Crippen molar-refractivity contribution in [1.29, 1.82) is 0 Å². The van der Waals surface area contributed by atoms with Gasteiger partial charge < -0.3 is 0 Å². The van der Waals surface area contributed by atoms with E-state index in [-0.39, 0.29) is 43.6 Å². The molecule has 0 aliphatic heterocycles. The van der Waals surface area contributed by atoms with Crippen LogP contribution in [0.2, 0.25) is 0 Å². The van der Waals surface area contributed by atoms with Gasteiger partial charge in [-0.3, -0.25) is 0 Å². The second-order valence-corrected chi connectivity index (χ2v) is 1.16. The van der Waals surface area contributed by atoms with Crippen molar-refractivity contribution >= 4 is 0 Å². The summed E-state index contributed by atoms with van der Waals surface area (Å²) in [6.45, 7) is -5.37. The Kier molecular flexibility index (Phi) is 12.8. The molecule has 0 aromatic carbocycles. The second kappa shape index (κ2) is 29.8. The van der Waals surface area contributed by atoms with Crippen LogP contribution < -0.4 is 0 Å². The summed E-state index contributed by atoms with van der Waals surface area (Å²) < 4.78 is 80.5. The van der Waals surface area contributed by atoms with E-state index in [4.69, 9.17) is 15.1 Å². The summed E-state index contributed by atoms with van der Waals surface area (Å²) in [5.74, 6) is -3.32. The molecule has 0 aliphatic carbocycles. The molecule has 0 bridgehead atoms. The van der Waals surface area contributed by atoms with Crippen LogP contribution in [0.5, 0.6) is 0 Å². The van der Waals surface area contributed by atoms with Crippen LogP contribution in [0.1, 0.15) is 85.6 Å². The molecule has 0 rings (SSSR count). The Hall–Kier alpha value is -0.260. The van der Waals surface area contributed by atoms with E-state index < -0.39 is 38.1 Å². The number of allylic oxidation sites excluding steroid dienone is 2. The Morgan fingerprint density at radius 3 is 2.08 bits per heavy atom. The smallest absolute Gasteiger partial charge is 0.0575 e. The van der Waals surface area contributed by atoms with Gasteiger partial charge in [-0.25, -0.2) is 0 Å². The molecule has 0 radical (unpaired) electrons. The maximum absolute atomic E-state index is 7.66. The lowest BCUT2D eigenvalue weighted by Crippen LogP contribution is -1.75. The summed E-state index contributed by atoms with van der Waals surface area (Å²) in [5.41, 5.74) is 0. The predicted molar refractivity (Wildman–Crippen MR) is 72.5 cm³/mol. The number of hydrogen-bond acceptors (Lipinski definition) is 0. The van der Waals surface area contributed by atoms with Gasteiger partial charge in [-0.2, -0.15) is 0 Å². The lowest BCUT2D eigenvalue weighted by atomic mass is 10.2. The van der Waals surface area contributed by atoms with Crippen LogP contribution in [0.4, 0.5) is 0 Å². The van der Waals surface area contributed by atoms with Gasteiger partial charge in [0, 0.05) is 12.3 Å². The second-order valence-electron chi connectivity index (χ2n) is 1.16. The highest BCUT2D eigenvalue weighted by Crippen LogP contribution is 1.96. The monoisotopic (exact) mass is 214 g/mol. The molecular formula is C13H36. The van der Waals surface area contributed by atoms with Crippen molar-refractivity contribution in [2.24, 2.45) is 5.89 Å². The highest BCUT2D eigenvalue weighted by molar-refractivity contribution is 4.83. The third-order valence-electron chi connectivity index (χ3n) is 0.453. The zero-order valence-electron chi connectivity index (χ0n) is 15.7. The van der Waals surface area contributed by atoms with Crippen molar-refractivity contribution in [3.63, 3.8) is 0 Å². The Balaban J connectivity index is -0.000000162. The van der Waals surface area contributed by atoms with Crippen molar-refractivity contribution in [1.82, 2.24) is 0 Å². The van der Waals surface area contributed by atoms with Gasteiger partial charge in [-0.1, -0.05) is 76.3 Å². The number of hydrogen-bond donors (Lipinski definition) is 0. The van der Waals surface area contributed by atoms with Crippen LogP contribution in [-0.2, 0) is 0 Å². The van der Waals surface area contributed by atoms with Gasteiger partial charge in [-0.15, -0.1) is 0 Å². The minimum atomic E-state index is -3.37. The first-order valence-electron chi connectivity index (χ1n) is 7.81. The Bertz CT molecular complexity index is 349. The first kappa shape index (κ1) is 5.58. The van der Waals surface area contributed by atoms with E-state index in [0.717, 1.165) is 0 Å². The van der Waals surface area contributed by atoms with Gasteiger partial charge in [0.15, 0.2) is 0 Å². The third-order valence-corrected chi connectivity index (χ3v) is 0.453. The van der Waals surface area contributed by atoms with E-state index in [9.17, 15) is 0 Å². The molecule has 0 saturated heterocycles. The fourth-order valence-electron chi connectivity index (χ4n) is 0.195. The van der Waals surface area contributed by atoms with Gasteiger partial charge in [-0.05, 0) is 12.3 Å². The largest absolute Gasteiger partial charge is 0.0883 e. The van der Waals surface area contributed by atoms with Crippen LogP contribution in [0.25, 0.3) is 0 Å². The predicted octanol–water partition coefficient (Wildman–Crippen LogP) is 6.18. The quantitative estimate of drug-likeness (QED) is 0.492. The van der Waals surface area contributed by atoms with E-state index in [1.807, 2.05) is 0 Å². The maximum Gasteiger partial charge on any atom is 0.0575 e. The molecule has 0 heterocycles. The van der Waals surface area contributed by atoms with Crippen LogP contribution in [0.3, 0.4) is 0 Å². The molecule has 0 aliphatic rings. The Labute approximate surface area is 105 Å². The van der Waals surface area contributed by atoms with E-state index in [1.54, 1.807) is 0 Å². The molecule has 0 N–H and O–H groups in total. The SMILES string of the molecule is C.C.C.C.C.[3H]/C(=C(/[3H])C([3H])(C([3H])([3H])[3H])C([3H])([3H])[3H])C([3H])([3H])CC. The molecular weight excluding hydrogens is 156 g/mol. The lowest BCUT2D eigenvalue weighted by molar-refractivity contribution is 0.819. The Morgan fingerprint density at radius 2 is 1.77 bits per heavy atom. The average molecular weight is 215 g/mol. The molecule has 0 fully saturated rings. The van der Waals surface area contributed by atoms with E-state index in [1.165, 1.54) is 6.92 Å². The average Bonchev–Trinajstić information content (AvgIpc) is 2.22. The fraction of sp³-hybridized carbons (Fsp3) is 0.846. The molecule has 0 atom stereocenters. The zero-order valence-corrected chi connectivity index (χ0v) is 4.71. The molecule has 0 nitrogen and oxygen atoms in total. The van der Waals surface area contributed by atoms with Crippen LogP contribution in [-0.4, -0.2) is 0 Å². The topological polar surface area (TPSA) is 0 Å². The minimum absolute atomic E-state index is 0. The van der Waals surface area contributed by atoms with Gasteiger partial charge >= 0.3 is 0 Å². The van der Waals surface area contributed by atoms with Crippen molar-refractivity contribution in [2.45, 2.75) is 70.6 Å². The van der Waals surface area contributed by atoms with Crippen molar-refractivity contribution in [3.8, 4) is 0 Å². The molecule has 0 heteroatoms. The van der Waals surface area contributed by atoms with Gasteiger partial charge in [0.05, 0.1) is 2.74 Å². The summed E-state index contributed by atoms with van der Waals surface area (Å²) in [7, 11) is 0. The normalized spacial score (nSPS) is 24.8. The summed E-state index contributed by atoms with van der Waals surface area (Å²) in [6, 6.07) is -2.42. The first-order chi connectivity index (χ1) is 8.13. The summed E-state index contributed by atoms with van der Waals surface area (Å²) in [6.07, 6.45) is -2.58. The molecule has 88 valence electrons. The van der Waals surface area contributed by atoms with Gasteiger partial charge in [0.1, 0.15) is 0 Å². The molecule has 13 heavy (non-hydrogen) atoms. The lowest BCUT2D eigenvalue weighted by Gasteiger charge is -1.90. The molecule has 0 saturated carbocycles. The van der Waals surface area contributed by atoms with E-state index >= 15 is 0 Å². The summed E-state index contributed by atoms with van der Waals surface area (Å²) >= 11 is 0. The van der Waals surface area contributed by atoms with Crippen molar-refractivity contribution in [2.75, 3.05) is 0 Å². The summed E-state index contributed by atoms with van der Waals surface area (Å²) in [4.78, 5) is 0. The zero-order chi connectivity index (χ0) is 15.9. The first-order valence-corrected chi connectivity index (χ1v) is 2.31. The highest BCUT2D eigenvalue weighted by Gasteiger charge is 1.80. The molecule has 0 spiro atoms. The van der Waals surface area contributed by atoms with Gasteiger partial charge in [0.2, 0.25) is 0 Å². The van der Waals surface area contributed by atoms with Crippen molar-refractivity contribution in [3.05, 3.63) is 12.1 Å². The minimum Gasteiger partial charge on any atom is -0.0883 e. The van der Waals surface area contributed by atoms with Crippen LogP contribution in [0, 0.1) is 5.89 Å². The molecule has 0 aromatic heterocycles. The maximum atomic E-state index is 7.66. The Morgan fingerprint density at radius 1 is 1.31 bits per heavy atom. The third kappa shape index (κ3) is 49.6. The van der Waals surface area contributed by atoms with E-state index in [0.29, 0.717) is 0 Å². The highest BCUT2D eigenvalue weighted by atomic mass is 13.9. The number of rotatable bonds is 3. The van der Waals surface area contributed by atoms with Crippen LogP contribution in [0.15, 0.2) is 12.1 Å². The van der Waals surface area contributed by atoms with Crippen LogP contribution >= 0.6 is 0 Å². The van der Waals surface area contributed by atoms with E-state index in [2.05, 4.69) is 0 Å². The van der Waals surface area contributed by atoms with Gasteiger partial charge in [0.25, 0.3) is 0 Å². The molecule has 0 aromatic rings.